The van der Waals surface area contributed by atoms with Crippen molar-refractivity contribution in [2.45, 2.75) is 44.2 Å². The summed E-state index contributed by atoms with van der Waals surface area (Å²) in [6.45, 7) is 0. The van der Waals surface area contributed by atoms with E-state index < -0.39 is 0 Å². The van der Waals surface area contributed by atoms with Gasteiger partial charge in [0.1, 0.15) is 5.75 Å². The highest BCUT2D eigenvalue weighted by Gasteiger charge is 2.26. The average molecular weight is 232 g/mol. The number of hydrazine groups is 1. The van der Waals surface area contributed by atoms with Gasteiger partial charge in [-0.05, 0) is 42.9 Å². The van der Waals surface area contributed by atoms with E-state index >= 15 is 0 Å². The molecule has 0 spiro atoms. The topological polar surface area (TPSA) is 47.3 Å². The van der Waals surface area contributed by atoms with Crippen LogP contribution >= 0.6 is 0 Å². The van der Waals surface area contributed by atoms with Crippen LogP contribution in [0.15, 0.2) is 24.3 Å². The predicted molar refractivity (Wildman–Crippen MR) is 67.5 cm³/mol. The van der Waals surface area contributed by atoms with Gasteiger partial charge in [-0.1, -0.05) is 25.0 Å². The third-order valence-corrected chi connectivity index (χ3v) is 3.58. The Morgan fingerprint density at radius 3 is 2.41 bits per heavy atom. The summed E-state index contributed by atoms with van der Waals surface area (Å²) < 4.78 is 5.74. The van der Waals surface area contributed by atoms with E-state index in [1.165, 1.54) is 31.2 Å². The van der Waals surface area contributed by atoms with E-state index in [-0.39, 0.29) is 6.04 Å². The summed E-state index contributed by atoms with van der Waals surface area (Å²) in [7, 11) is 0. The highest BCUT2D eigenvalue weighted by molar-refractivity contribution is 5.29. The fourth-order valence-electron chi connectivity index (χ4n) is 2.14. The van der Waals surface area contributed by atoms with Crippen LogP contribution in [0, 0.1) is 5.92 Å². The highest BCUT2D eigenvalue weighted by atomic mass is 16.5. The molecule has 92 valence electrons. The zero-order valence-electron chi connectivity index (χ0n) is 10.1. The molecule has 0 heterocycles. The first-order valence-corrected chi connectivity index (χ1v) is 6.58. The van der Waals surface area contributed by atoms with E-state index in [1.54, 1.807) is 0 Å². The maximum atomic E-state index is 5.74. The third kappa shape index (κ3) is 2.99. The van der Waals surface area contributed by atoms with Crippen molar-refractivity contribution < 1.29 is 4.74 Å². The molecule has 3 nitrogen and oxygen atoms in total. The fraction of sp³-hybridized carbons (Fsp3) is 0.571. The molecule has 3 heteroatoms. The van der Waals surface area contributed by atoms with E-state index in [4.69, 9.17) is 10.6 Å². The van der Waals surface area contributed by atoms with Gasteiger partial charge in [0.25, 0.3) is 0 Å². The SMILES string of the molecule is NNC(CC1CC1)c1ccc(OC2CC2)cc1. The minimum Gasteiger partial charge on any atom is -0.490 e. The molecule has 1 unspecified atom stereocenters. The van der Waals surface area contributed by atoms with Crippen LogP contribution in [0.5, 0.6) is 5.75 Å². The molecule has 2 fully saturated rings. The lowest BCUT2D eigenvalue weighted by Crippen LogP contribution is -2.28. The molecule has 2 aliphatic carbocycles. The molecule has 1 aromatic rings. The molecule has 2 saturated carbocycles. The summed E-state index contributed by atoms with van der Waals surface area (Å²) in [5, 5.41) is 0. The van der Waals surface area contributed by atoms with E-state index in [2.05, 4.69) is 29.7 Å². The molecular formula is C14H20N2O. The number of hydrogen-bond donors (Lipinski definition) is 2. The monoisotopic (exact) mass is 232 g/mol. The molecular weight excluding hydrogens is 212 g/mol. The predicted octanol–water partition coefficient (Wildman–Crippen LogP) is 2.53. The second-order valence-corrected chi connectivity index (χ2v) is 5.28. The standard InChI is InChI=1S/C14H20N2O/c15-16-14(9-10-1-2-10)11-3-5-12(6-4-11)17-13-7-8-13/h3-6,10,13-14,16H,1-2,7-9,15H2. The summed E-state index contributed by atoms with van der Waals surface area (Å²) in [5.74, 6) is 7.49. The smallest absolute Gasteiger partial charge is 0.119 e. The molecule has 3 N–H and O–H groups in total. The van der Waals surface area contributed by atoms with E-state index in [0.717, 1.165) is 18.1 Å². The van der Waals surface area contributed by atoms with Crippen LogP contribution in [-0.4, -0.2) is 6.10 Å². The second kappa shape index (κ2) is 4.67. The maximum absolute atomic E-state index is 5.74. The molecule has 0 aromatic heterocycles. The molecule has 0 radical (unpaired) electrons. The largest absolute Gasteiger partial charge is 0.490 e. The number of nitrogens with two attached hydrogens (primary N) is 1. The average Bonchev–Trinajstić information content (AvgIpc) is 3.22. The van der Waals surface area contributed by atoms with Crippen LogP contribution in [0.25, 0.3) is 0 Å². The summed E-state index contributed by atoms with van der Waals surface area (Å²) >= 11 is 0. The van der Waals surface area contributed by atoms with Crippen LogP contribution in [-0.2, 0) is 0 Å². The van der Waals surface area contributed by atoms with Crippen LogP contribution < -0.4 is 16.0 Å². The summed E-state index contributed by atoms with van der Waals surface area (Å²) in [6.07, 6.45) is 6.75. The van der Waals surface area contributed by atoms with Crippen molar-refractivity contribution in [3.8, 4) is 5.75 Å². The van der Waals surface area contributed by atoms with Gasteiger partial charge >= 0.3 is 0 Å². The van der Waals surface area contributed by atoms with Crippen molar-refractivity contribution in [2.75, 3.05) is 0 Å². The van der Waals surface area contributed by atoms with Crippen molar-refractivity contribution in [1.29, 1.82) is 0 Å². The lowest BCUT2D eigenvalue weighted by molar-refractivity contribution is 0.303. The fourth-order valence-corrected chi connectivity index (χ4v) is 2.14. The lowest BCUT2D eigenvalue weighted by Gasteiger charge is -2.16. The van der Waals surface area contributed by atoms with Gasteiger partial charge in [-0.3, -0.25) is 11.3 Å². The van der Waals surface area contributed by atoms with Crippen molar-refractivity contribution >= 4 is 0 Å². The van der Waals surface area contributed by atoms with Gasteiger partial charge in [-0.2, -0.15) is 0 Å². The van der Waals surface area contributed by atoms with E-state index in [9.17, 15) is 0 Å². The van der Waals surface area contributed by atoms with Gasteiger partial charge in [0.15, 0.2) is 0 Å². The number of hydrogen-bond acceptors (Lipinski definition) is 3. The summed E-state index contributed by atoms with van der Waals surface area (Å²) in [4.78, 5) is 0. The van der Waals surface area contributed by atoms with Crippen molar-refractivity contribution in [2.24, 2.45) is 11.8 Å². The molecule has 3 rings (SSSR count). The highest BCUT2D eigenvalue weighted by Crippen LogP contribution is 2.37. The van der Waals surface area contributed by atoms with Gasteiger partial charge in [0.2, 0.25) is 0 Å². The van der Waals surface area contributed by atoms with Crippen LogP contribution in [0.4, 0.5) is 0 Å². The minimum atomic E-state index is 0.289. The second-order valence-electron chi connectivity index (χ2n) is 5.28. The maximum Gasteiger partial charge on any atom is 0.119 e. The Balaban J connectivity index is 1.63. The van der Waals surface area contributed by atoms with Gasteiger partial charge in [0.05, 0.1) is 6.10 Å². The van der Waals surface area contributed by atoms with Gasteiger partial charge in [-0.15, -0.1) is 0 Å². The van der Waals surface area contributed by atoms with Crippen LogP contribution in [0.1, 0.15) is 43.7 Å². The molecule has 0 amide bonds. The molecule has 0 aliphatic heterocycles. The first-order valence-electron chi connectivity index (χ1n) is 6.58. The third-order valence-electron chi connectivity index (χ3n) is 3.58. The van der Waals surface area contributed by atoms with E-state index in [0.29, 0.717) is 6.10 Å². The molecule has 1 aromatic carbocycles. The zero-order chi connectivity index (χ0) is 11.7. The molecule has 17 heavy (non-hydrogen) atoms. The Morgan fingerprint density at radius 2 is 1.88 bits per heavy atom. The van der Waals surface area contributed by atoms with Crippen molar-refractivity contribution in [3.05, 3.63) is 29.8 Å². The number of ether oxygens (including phenoxy) is 1. The number of nitrogens with one attached hydrogen (secondary N) is 1. The zero-order valence-corrected chi connectivity index (χ0v) is 10.1. The van der Waals surface area contributed by atoms with Gasteiger partial charge in [-0.25, -0.2) is 0 Å². The quantitative estimate of drug-likeness (QED) is 0.585. The van der Waals surface area contributed by atoms with Crippen molar-refractivity contribution in [1.82, 2.24) is 5.43 Å². The van der Waals surface area contributed by atoms with Gasteiger partial charge < -0.3 is 4.74 Å². The lowest BCUT2D eigenvalue weighted by atomic mass is 10.0. The molecule has 2 aliphatic rings. The Morgan fingerprint density at radius 1 is 1.18 bits per heavy atom. The molecule has 1 atom stereocenters. The molecule has 0 saturated heterocycles. The van der Waals surface area contributed by atoms with Gasteiger partial charge in [0, 0.05) is 6.04 Å². The Kier molecular flexibility index (Phi) is 3.04. The summed E-state index contributed by atoms with van der Waals surface area (Å²) in [6, 6.07) is 8.67. The summed E-state index contributed by atoms with van der Waals surface area (Å²) in [5.41, 5.74) is 4.19. The number of rotatable bonds is 6. The first-order chi connectivity index (χ1) is 8.35. The van der Waals surface area contributed by atoms with Crippen molar-refractivity contribution in [3.63, 3.8) is 0 Å². The first kappa shape index (κ1) is 11.1. The number of benzene rings is 1. The Labute approximate surface area is 102 Å². The Hall–Kier alpha value is -1.06. The minimum absolute atomic E-state index is 0.289. The Bertz CT molecular complexity index is 368. The normalized spacial score (nSPS) is 21.2. The molecule has 0 bridgehead atoms. The van der Waals surface area contributed by atoms with Crippen LogP contribution in [0.2, 0.25) is 0 Å². The van der Waals surface area contributed by atoms with E-state index in [1.807, 2.05) is 0 Å². The van der Waals surface area contributed by atoms with Crippen LogP contribution in [0.3, 0.4) is 0 Å².